The molecule has 0 aromatic heterocycles. The second kappa shape index (κ2) is 6.48. The largest absolute Gasteiger partial charge is 0.448 e. The molecule has 0 saturated heterocycles. The number of fused-ring (bicyclic) bond motifs is 1. The summed E-state index contributed by atoms with van der Waals surface area (Å²) in [7, 11) is 0. The molecule has 1 heterocycles. The van der Waals surface area contributed by atoms with Gasteiger partial charge in [-0.2, -0.15) is 0 Å². The number of carbonyl (C=O) groups excluding carboxylic acids is 2. The Morgan fingerprint density at radius 3 is 2.54 bits per heavy atom. The number of benzene rings is 2. The van der Waals surface area contributed by atoms with Gasteiger partial charge in [0.1, 0.15) is 0 Å². The fourth-order valence-electron chi connectivity index (χ4n) is 3.08. The Bertz CT molecular complexity index is 790. The average molecular weight is 323 g/mol. The van der Waals surface area contributed by atoms with Crippen LogP contribution >= 0.6 is 0 Å². The molecule has 1 unspecified atom stereocenters. The van der Waals surface area contributed by atoms with Crippen molar-refractivity contribution in [3.63, 3.8) is 0 Å². The second-order valence-electron chi connectivity index (χ2n) is 6.31. The maximum absolute atomic E-state index is 12.5. The molecule has 1 atom stereocenters. The van der Waals surface area contributed by atoms with Crippen molar-refractivity contribution in [3.05, 3.63) is 64.2 Å². The molecule has 1 N–H and O–H groups in total. The summed E-state index contributed by atoms with van der Waals surface area (Å²) >= 11 is 0. The van der Waals surface area contributed by atoms with Crippen LogP contribution in [0, 0.1) is 13.8 Å². The lowest BCUT2D eigenvalue weighted by Crippen LogP contribution is -2.38. The van der Waals surface area contributed by atoms with E-state index < -0.39 is 12.1 Å². The van der Waals surface area contributed by atoms with Gasteiger partial charge in [-0.1, -0.05) is 25.1 Å². The zero-order valence-corrected chi connectivity index (χ0v) is 14.2. The van der Waals surface area contributed by atoms with Crippen molar-refractivity contribution in [3.8, 4) is 0 Å². The van der Waals surface area contributed by atoms with Crippen LogP contribution in [0.4, 0.5) is 5.69 Å². The van der Waals surface area contributed by atoms with Crippen molar-refractivity contribution >= 4 is 17.6 Å². The Balaban J connectivity index is 1.80. The van der Waals surface area contributed by atoms with Crippen LogP contribution in [-0.4, -0.2) is 18.0 Å². The fourth-order valence-corrected chi connectivity index (χ4v) is 3.08. The molecule has 1 aliphatic heterocycles. The highest BCUT2D eigenvalue weighted by Gasteiger charge is 2.31. The molecule has 0 radical (unpaired) electrons. The normalized spacial score (nSPS) is 16.3. The minimum atomic E-state index is -0.794. The van der Waals surface area contributed by atoms with Gasteiger partial charge in [-0.15, -0.1) is 0 Å². The first-order valence-corrected chi connectivity index (χ1v) is 8.18. The highest BCUT2D eigenvalue weighted by atomic mass is 16.5. The smallest absolute Gasteiger partial charge is 0.339 e. The van der Waals surface area contributed by atoms with Gasteiger partial charge in [0.15, 0.2) is 6.10 Å². The third kappa shape index (κ3) is 3.32. The van der Waals surface area contributed by atoms with Gasteiger partial charge in [0.2, 0.25) is 0 Å². The molecule has 24 heavy (non-hydrogen) atoms. The van der Waals surface area contributed by atoms with Gasteiger partial charge in [0.25, 0.3) is 5.91 Å². The average Bonchev–Trinajstić information content (AvgIpc) is 2.53. The van der Waals surface area contributed by atoms with Crippen molar-refractivity contribution in [1.82, 2.24) is 0 Å². The summed E-state index contributed by atoms with van der Waals surface area (Å²) in [6, 6.07) is 11.5. The number of amides is 1. The van der Waals surface area contributed by atoms with E-state index in [1.807, 2.05) is 44.2 Å². The summed E-state index contributed by atoms with van der Waals surface area (Å²) in [5.74, 6) is -0.722. The molecule has 2 aromatic rings. The predicted molar refractivity (Wildman–Crippen MR) is 93.3 cm³/mol. The maximum atomic E-state index is 12.5. The van der Waals surface area contributed by atoms with Gasteiger partial charge in [-0.25, -0.2) is 4.79 Å². The fraction of sp³-hybridized carbons (Fsp3) is 0.300. The minimum absolute atomic E-state index is 0.291. The Morgan fingerprint density at radius 2 is 1.88 bits per heavy atom. The van der Waals surface area contributed by atoms with Crippen LogP contribution in [0.3, 0.4) is 0 Å². The number of aryl methyl sites for hydroxylation is 3. The minimum Gasteiger partial charge on any atom is -0.448 e. The standard InChI is InChI=1S/C20H21NO3/c1-4-14-5-6-17-15(10-14)11-18(24-20(17)23)19(22)21-16-8-12(2)7-13(3)9-16/h5-10,18H,4,11H2,1-3H3,(H,21,22). The Hall–Kier alpha value is -2.62. The van der Waals surface area contributed by atoms with Crippen LogP contribution in [0.25, 0.3) is 0 Å². The first kappa shape index (κ1) is 16.2. The van der Waals surface area contributed by atoms with Crippen LogP contribution in [0.2, 0.25) is 0 Å². The first-order chi connectivity index (χ1) is 11.5. The molecule has 4 heteroatoms. The van der Waals surface area contributed by atoms with E-state index in [9.17, 15) is 9.59 Å². The highest BCUT2D eigenvalue weighted by molar-refractivity contribution is 6.00. The topological polar surface area (TPSA) is 55.4 Å². The molecule has 0 spiro atoms. The van der Waals surface area contributed by atoms with Crippen LogP contribution in [0.1, 0.15) is 39.5 Å². The third-order valence-electron chi connectivity index (χ3n) is 4.23. The molecular formula is C20H21NO3. The van der Waals surface area contributed by atoms with Crippen molar-refractivity contribution in [2.24, 2.45) is 0 Å². The molecule has 2 aromatic carbocycles. The summed E-state index contributed by atoms with van der Waals surface area (Å²) < 4.78 is 5.33. The van der Waals surface area contributed by atoms with E-state index in [0.29, 0.717) is 12.0 Å². The summed E-state index contributed by atoms with van der Waals surface area (Å²) in [5, 5.41) is 2.86. The van der Waals surface area contributed by atoms with E-state index in [4.69, 9.17) is 4.74 Å². The molecule has 0 fully saturated rings. The molecule has 3 rings (SSSR count). The van der Waals surface area contributed by atoms with Crippen LogP contribution in [0.5, 0.6) is 0 Å². The number of cyclic esters (lactones) is 1. The Morgan fingerprint density at radius 1 is 1.17 bits per heavy atom. The maximum Gasteiger partial charge on any atom is 0.339 e. The summed E-state index contributed by atoms with van der Waals surface area (Å²) in [5.41, 5.74) is 5.46. The molecule has 0 saturated carbocycles. The van der Waals surface area contributed by atoms with Gasteiger partial charge in [-0.3, -0.25) is 4.79 Å². The number of hydrogen-bond donors (Lipinski definition) is 1. The summed E-state index contributed by atoms with van der Waals surface area (Å²) in [4.78, 5) is 24.7. The van der Waals surface area contributed by atoms with Crippen molar-refractivity contribution < 1.29 is 14.3 Å². The van der Waals surface area contributed by atoms with Gasteiger partial charge >= 0.3 is 5.97 Å². The molecular weight excluding hydrogens is 302 g/mol. The lowest BCUT2D eigenvalue weighted by Gasteiger charge is -2.24. The quantitative estimate of drug-likeness (QED) is 0.878. The first-order valence-electron chi connectivity index (χ1n) is 8.18. The molecule has 4 nitrogen and oxygen atoms in total. The number of ether oxygens (including phenoxy) is 1. The van der Waals surface area contributed by atoms with Gasteiger partial charge < -0.3 is 10.1 Å². The van der Waals surface area contributed by atoms with Gasteiger partial charge in [0.05, 0.1) is 5.56 Å². The van der Waals surface area contributed by atoms with E-state index in [1.54, 1.807) is 6.07 Å². The monoisotopic (exact) mass is 323 g/mol. The Labute approximate surface area is 141 Å². The third-order valence-corrected chi connectivity index (χ3v) is 4.23. The van der Waals surface area contributed by atoms with E-state index in [2.05, 4.69) is 12.2 Å². The van der Waals surface area contributed by atoms with Crippen LogP contribution in [-0.2, 0) is 22.4 Å². The molecule has 0 bridgehead atoms. The second-order valence-corrected chi connectivity index (χ2v) is 6.31. The number of esters is 1. The number of anilines is 1. The zero-order valence-electron chi connectivity index (χ0n) is 14.2. The predicted octanol–water partition coefficient (Wildman–Crippen LogP) is 3.59. The summed E-state index contributed by atoms with van der Waals surface area (Å²) in [6.07, 6.45) is 0.505. The van der Waals surface area contributed by atoms with Gasteiger partial charge in [-0.05, 0) is 60.7 Å². The van der Waals surface area contributed by atoms with Gasteiger partial charge in [0, 0.05) is 12.1 Å². The van der Waals surface area contributed by atoms with Crippen LogP contribution in [0.15, 0.2) is 36.4 Å². The SMILES string of the molecule is CCc1ccc2c(c1)CC(C(=O)Nc1cc(C)cc(C)c1)OC2=O. The number of nitrogens with one attached hydrogen (secondary N) is 1. The lowest BCUT2D eigenvalue weighted by atomic mass is 9.95. The van der Waals surface area contributed by atoms with E-state index in [-0.39, 0.29) is 5.91 Å². The highest BCUT2D eigenvalue weighted by Crippen LogP contribution is 2.23. The molecule has 124 valence electrons. The molecule has 0 aliphatic carbocycles. The van der Waals surface area contributed by atoms with E-state index in [0.717, 1.165) is 34.4 Å². The molecule has 1 aliphatic rings. The summed E-state index contributed by atoms with van der Waals surface area (Å²) in [6.45, 7) is 6.02. The number of rotatable bonds is 3. The van der Waals surface area contributed by atoms with E-state index in [1.165, 1.54) is 0 Å². The van der Waals surface area contributed by atoms with Crippen molar-refractivity contribution in [2.75, 3.05) is 5.32 Å². The lowest BCUT2D eigenvalue weighted by molar-refractivity contribution is -0.125. The zero-order chi connectivity index (χ0) is 17.3. The number of hydrogen-bond acceptors (Lipinski definition) is 3. The van der Waals surface area contributed by atoms with E-state index >= 15 is 0 Å². The number of carbonyl (C=O) groups is 2. The van der Waals surface area contributed by atoms with Crippen LogP contribution < -0.4 is 5.32 Å². The Kier molecular flexibility index (Phi) is 4.38. The molecule has 1 amide bonds. The van der Waals surface area contributed by atoms with Crippen molar-refractivity contribution in [2.45, 2.75) is 39.7 Å². The van der Waals surface area contributed by atoms with Crippen molar-refractivity contribution in [1.29, 1.82) is 0 Å².